The van der Waals surface area contributed by atoms with Gasteiger partial charge in [-0.25, -0.2) is 4.98 Å². The molecule has 0 aromatic carbocycles. The molecule has 4 nitrogen and oxygen atoms in total. The maximum atomic E-state index is 5.41. The van der Waals surface area contributed by atoms with Gasteiger partial charge in [0.15, 0.2) is 0 Å². The van der Waals surface area contributed by atoms with Crippen molar-refractivity contribution >= 4 is 15.9 Å². The Morgan fingerprint density at radius 3 is 2.67 bits per heavy atom. The first-order valence-electron chi connectivity index (χ1n) is 4.79. The molecule has 0 unspecified atom stereocenters. The monoisotopic (exact) mass is 274 g/mol. The van der Waals surface area contributed by atoms with Crippen LogP contribution >= 0.6 is 15.9 Å². The van der Waals surface area contributed by atoms with E-state index < -0.39 is 0 Å². The Morgan fingerprint density at radius 1 is 1.33 bits per heavy atom. The van der Waals surface area contributed by atoms with Gasteiger partial charge >= 0.3 is 0 Å². The van der Waals surface area contributed by atoms with E-state index >= 15 is 0 Å². The Bertz CT molecular complexity index is 318. The van der Waals surface area contributed by atoms with E-state index in [-0.39, 0.29) is 5.92 Å². The lowest BCUT2D eigenvalue weighted by Gasteiger charge is -2.08. The molecule has 84 valence electrons. The van der Waals surface area contributed by atoms with Gasteiger partial charge in [0.05, 0.1) is 6.61 Å². The number of nitrogens with zero attached hydrogens (tertiary/aromatic N) is 2. The topological polar surface area (TPSA) is 44.2 Å². The Hall–Kier alpha value is -0.680. The number of ether oxygens (including phenoxy) is 2. The summed E-state index contributed by atoms with van der Waals surface area (Å²) in [7, 11) is 1.64. The molecule has 0 aliphatic heterocycles. The van der Waals surface area contributed by atoms with Gasteiger partial charge in [-0.05, 0) is 15.9 Å². The fourth-order valence-electron chi connectivity index (χ4n) is 0.975. The lowest BCUT2D eigenvalue weighted by Crippen LogP contribution is -2.07. The number of hydrogen-bond acceptors (Lipinski definition) is 4. The molecule has 0 fully saturated rings. The lowest BCUT2D eigenvalue weighted by atomic mass is 10.2. The molecule has 0 aliphatic rings. The zero-order valence-corrected chi connectivity index (χ0v) is 10.7. The number of methoxy groups -OCH3 is 1. The van der Waals surface area contributed by atoms with Gasteiger partial charge in [0.25, 0.3) is 0 Å². The Balaban J connectivity index is 2.71. The van der Waals surface area contributed by atoms with Gasteiger partial charge in [0.2, 0.25) is 5.88 Å². The molecule has 1 aromatic rings. The fraction of sp³-hybridized carbons (Fsp3) is 0.600. The van der Waals surface area contributed by atoms with Gasteiger partial charge < -0.3 is 9.47 Å². The summed E-state index contributed by atoms with van der Waals surface area (Å²) < 4.78 is 11.0. The highest BCUT2D eigenvalue weighted by Crippen LogP contribution is 2.18. The summed E-state index contributed by atoms with van der Waals surface area (Å²) >= 11 is 3.33. The van der Waals surface area contributed by atoms with Crippen LogP contribution < -0.4 is 4.74 Å². The molecule has 5 heteroatoms. The number of halogens is 1. The predicted molar refractivity (Wildman–Crippen MR) is 61.2 cm³/mol. The molecule has 0 N–H and O–H groups in total. The number of rotatable bonds is 5. The van der Waals surface area contributed by atoms with E-state index in [1.807, 2.05) is 13.8 Å². The Kier molecular flexibility index (Phi) is 4.98. The molecule has 0 saturated carbocycles. The van der Waals surface area contributed by atoms with Crippen LogP contribution in [0.5, 0.6) is 5.88 Å². The van der Waals surface area contributed by atoms with Crippen molar-refractivity contribution in [1.29, 1.82) is 0 Å². The lowest BCUT2D eigenvalue weighted by molar-refractivity contribution is 0.143. The van der Waals surface area contributed by atoms with Crippen LogP contribution in [-0.4, -0.2) is 30.3 Å². The molecule has 1 heterocycles. The highest BCUT2D eigenvalue weighted by atomic mass is 79.9. The summed E-state index contributed by atoms with van der Waals surface area (Å²) in [5.41, 5.74) is 0. The van der Waals surface area contributed by atoms with Crippen molar-refractivity contribution in [2.45, 2.75) is 19.8 Å². The molecule has 0 spiro atoms. The molecule has 1 aromatic heterocycles. The van der Waals surface area contributed by atoms with Crippen LogP contribution in [0.3, 0.4) is 0 Å². The predicted octanol–water partition coefficient (Wildman–Crippen LogP) is 2.39. The molecule has 0 atom stereocenters. The van der Waals surface area contributed by atoms with Crippen molar-refractivity contribution in [3.8, 4) is 5.88 Å². The zero-order valence-electron chi connectivity index (χ0n) is 9.16. The highest BCUT2D eigenvalue weighted by Gasteiger charge is 2.07. The summed E-state index contributed by atoms with van der Waals surface area (Å²) in [5, 5.41) is 0. The highest BCUT2D eigenvalue weighted by molar-refractivity contribution is 9.10. The van der Waals surface area contributed by atoms with Crippen molar-refractivity contribution in [1.82, 2.24) is 9.97 Å². The van der Waals surface area contributed by atoms with Crippen LogP contribution in [0, 0.1) is 0 Å². The third-order valence-electron chi connectivity index (χ3n) is 1.74. The van der Waals surface area contributed by atoms with E-state index in [0.717, 1.165) is 10.4 Å². The SMILES string of the molecule is COCCOc1cc(Br)nc(C(C)C)n1. The second-order valence-electron chi connectivity index (χ2n) is 3.38. The van der Waals surface area contributed by atoms with E-state index in [2.05, 4.69) is 25.9 Å². The minimum absolute atomic E-state index is 0.285. The van der Waals surface area contributed by atoms with Gasteiger partial charge in [-0.15, -0.1) is 0 Å². The molecule has 0 radical (unpaired) electrons. The second-order valence-corrected chi connectivity index (χ2v) is 4.20. The van der Waals surface area contributed by atoms with E-state index in [1.54, 1.807) is 13.2 Å². The van der Waals surface area contributed by atoms with Crippen LogP contribution in [0.25, 0.3) is 0 Å². The number of hydrogen-bond donors (Lipinski definition) is 0. The van der Waals surface area contributed by atoms with Crippen LogP contribution in [0.2, 0.25) is 0 Å². The minimum Gasteiger partial charge on any atom is -0.475 e. The van der Waals surface area contributed by atoms with Gasteiger partial charge in [0.1, 0.15) is 17.0 Å². The maximum Gasteiger partial charge on any atom is 0.217 e. The molecule has 1 rings (SSSR count). The summed E-state index contributed by atoms with van der Waals surface area (Å²) in [5.74, 6) is 1.64. The normalized spacial score (nSPS) is 10.7. The average Bonchev–Trinajstić information content (AvgIpc) is 2.17. The minimum atomic E-state index is 0.285. The van der Waals surface area contributed by atoms with Crippen LogP contribution in [0.1, 0.15) is 25.6 Å². The van der Waals surface area contributed by atoms with Crippen molar-refractivity contribution in [2.75, 3.05) is 20.3 Å². The standard InChI is InChI=1S/C10H15BrN2O2/c1-7(2)10-12-8(11)6-9(13-10)15-5-4-14-3/h6-7H,4-5H2,1-3H3. The average molecular weight is 275 g/mol. The summed E-state index contributed by atoms with van der Waals surface area (Å²) in [6.07, 6.45) is 0. The molecule has 0 saturated heterocycles. The van der Waals surface area contributed by atoms with Crippen molar-refractivity contribution in [3.05, 3.63) is 16.5 Å². The van der Waals surface area contributed by atoms with Crippen molar-refractivity contribution < 1.29 is 9.47 Å². The summed E-state index contributed by atoms with van der Waals surface area (Å²) in [6.45, 7) is 5.14. The van der Waals surface area contributed by atoms with Gasteiger partial charge in [-0.2, -0.15) is 4.98 Å². The first kappa shape index (κ1) is 12.4. The first-order valence-corrected chi connectivity index (χ1v) is 5.59. The zero-order chi connectivity index (χ0) is 11.3. The summed E-state index contributed by atoms with van der Waals surface area (Å²) in [6, 6.07) is 1.75. The number of aromatic nitrogens is 2. The van der Waals surface area contributed by atoms with E-state index in [1.165, 1.54) is 0 Å². The van der Waals surface area contributed by atoms with E-state index in [4.69, 9.17) is 9.47 Å². The molecule has 0 amide bonds. The third kappa shape index (κ3) is 4.13. The quantitative estimate of drug-likeness (QED) is 0.611. The maximum absolute atomic E-state index is 5.41. The molecular weight excluding hydrogens is 260 g/mol. The largest absolute Gasteiger partial charge is 0.475 e. The van der Waals surface area contributed by atoms with Crippen molar-refractivity contribution in [3.63, 3.8) is 0 Å². The van der Waals surface area contributed by atoms with Crippen molar-refractivity contribution in [2.24, 2.45) is 0 Å². The molecule has 0 aliphatic carbocycles. The van der Waals surface area contributed by atoms with Crippen LogP contribution in [-0.2, 0) is 4.74 Å². The molecule has 15 heavy (non-hydrogen) atoms. The van der Waals surface area contributed by atoms with Crippen LogP contribution in [0.4, 0.5) is 0 Å². The Morgan fingerprint density at radius 2 is 2.07 bits per heavy atom. The Labute approximate surface area is 98.2 Å². The van der Waals surface area contributed by atoms with Gasteiger partial charge in [-0.3, -0.25) is 0 Å². The van der Waals surface area contributed by atoms with Gasteiger partial charge in [0, 0.05) is 19.1 Å². The van der Waals surface area contributed by atoms with E-state index in [0.29, 0.717) is 19.1 Å². The fourth-order valence-corrected chi connectivity index (χ4v) is 1.35. The first-order chi connectivity index (χ1) is 7.13. The molecule has 0 bridgehead atoms. The van der Waals surface area contributed by atoms with Crippen LogP contribution in [0.15, 0.2) is 10.7 Å². The van der Waals surface area contributed by atoms with E-state index in [9.17, 15) is 0 Å². The van der Waals surface area contributed by atoms with Gasteiger partial charge in [-0.1, -0.05) is 13.8 Å². The smallest absolute Gasteiger partial charge is 0.217 e. The third-order valence-corrected chi connectivity index (χ3v) is 2.15. The molecular formula is C10H15BrN2O2. The summed E-state index contributed by atoms with van der Waals surface area (Å²) in [4.78, 5) is 8.54. The second kappa shape index (κ2) is 6.02.